The van der Waals surface area contributed by atoms with Crippen molar-refractivity contribution in [1.29, 1.82) is 0 Å². The van der Waals surface area contributed by atoms with Crippen molar-refractivity contribution in [2.24, 2.45) is 0 Å². The monoisotopic (exact) mass is 417 g/mol. The Balaban J connectivity index is 1.96. The standard InChI is InChI=1S/C20H23N3O7/c1-22(2)14-10-15(24)23(18(14)27)20(12-29-16(25)8-9-17(26)30-20)19(28)21-11-13-6-4-3-5-7-13/h3-7,14H,8-12H2,1-2H3,(H,21,28)/t14-,20-/m0/s1. The van der Waals surface area contributed by atoms with Crippen LogP contribution in [0.3, 0.4) is 0 Å². The number of benzene rings is 1. The van der Waals surface area contributed by atoms with Crippen molar-refractivity contribution in [3.05, 3.63) is 35.9 Å². The fourth-order valence-corrected chi connectivity index (χ4v) is 3.36. The summed E-state index contributed by atoms with van der Waals surface area (Å²) in [6, 6.07) is 8.09. The van der Waals surface area contributed by atoms with Crippen molar-refractivity contribution < 1.29 is 33.4 Å². The largest absolute Gasteiger partial charge is 0.459 e. The maximum Gasteiger partial charge on any atom is 0.309 e. The Kier molecular flexibility index (Phi) is 6.16. The molecule has 30 heavy (non-hydrogen) atoms. The van der Waals surface area contributed by atoms with Crippen LogP contribution in [0.1, 0.15) is 24.8 Å². The molecule has 0 aromatic heterocycles. The molecule has 0 bridgehead atoms. The molecule has 1 aromatic rings. The van der Waals surface area contributed by atoms with Gasteiger partial charge in [-0.2, -0.15) is 0 Å². The number of imide groups is 1. The van der Waals surface area contributed by atoms with Crippen LogP contribution in [0.5, 0.6) is 0 Å². The second-order valence-electron chi connectivity index (χ2n) is 7.34. The smallest absolute Gasteiger partial charge is 0.309 e. The lowest BCUT2D eigenvalue weighted by molar-refractivity contribution is -0.210. The average Bonchev–Trinajstić information content (AvgIpc) is 3.02. The van der Waals surface area contributed by atoms with Crippen LogP contribution < -0.4 is 5.32 Å². The zero-order valence-corrected chi connectivity index (χ0v) is 16.8. The number of carbonyl (C=O) groups excluding carboxylic acids is 5. The molecule has 1 aromatic carbocycles. The van der Waals surface area contributed by atoms with Gasteiger partial charge in [-0.25, -0.2) is 4.90 Å². The van der Waals surface area contributed by atoms with Crippen molar-refractivity contribution in [3.63, 3.8) is 0 Å². The van der Waals surface area contributed by atoms with Gasteiger partial charge in [0.05, 0.1) is 25.3 Å². The molecule has 2 atom stereocenters. The summed E-state index contributed by atoms with van der Waals surface area (Å²) >= 11 is 0. The summed E-state index contributed by atoms with van der Waals surface area (Å²) in [7, 11) is 3.23. The maximum absolute atomic E-state index is 13.2. The number of cyclic esters (lactones) is 2. The summed E-state index contributed by atoms with van der Waals surface area (Å²) in [6.07, 6.45) is -0.742. The van der Waals surface area contributed by atoms with Gasteiger partial charge in [-0.1, -0.05) is 30.3 Å². The summed E-state index contributed by atoms with van der Waals surface area (Å²) in [5, 5.41) is 2.59. The normalized spacial score (nSPS) is 24.9. The van der Waals surface area contributed by atoms with Crippen molar-refractivity contribution in [3.8, 4) is 0 Å². The molecule has 2 heterocycles. The highest BCUT2D eigenvalue weighted by molar-refractivity contribution is 6.10. The number of nitrogens with one attached hydrogen (secondary N) is 1. The van der Waals surface area contributed by atoms with E-state index in [-0.39, 0.29) is 25.8 Å². The van der Waals surface area contributed by atoms with E-state index in [4.69, 9.17) is 9.47 Å². The van der Waals surface area contributed by atoms with Gasteiger partial charge in [-0.15, -0.1) is 0 Å². The number of ether oxygens (including phenoxy) is 2. The molecule has 0 saturated carbocycles. The highest BCUT2D eigenvalue weighted by Crippen LogP contribution is 2.30. The van der Waals surface area contributed by atoms with Crippen LogP contribution in [0, 0.1) is 0 Å². The fourth-order valence-electron chi connectivity index (χ4n) is 3.36. The number of nitrogens with zero attached hydrogens (tertiary/aromatic N) is 2. The van der Waals surface area contributed by atoms with Gasteiger partial charge < -0.3 is 14.8 Å². The zero-order chi connectivity index (χ0) is 21.9. The predicted octanol–water partition coefficient (Wildman–Crippen LogP) is -0.432. The summed E-state index contributed by atoms with van der Waals surface area (Å²) in [5.41, 5.74) is -1.65. The third-order valence-corrected chi connectivity index (χ3v) is 5.00. The lowest BCUT2D eigenvalue weighted by atomic mass is 10.1. The Morgan fingerprint density at radius 2 is 1.80 bits per heavy atom. The number of likely N-dealkylation sites (N-methyl/N-ethyl adjacent to an activating group) is 1. The van der Waals surface area contributed by atoms with E-state index in [1.54, 1.807) is 38.4 Å². The van der Waals surface area contributed by atoms with Crippen molar-refractivity contribution in [2.75, 3.05) is 20.7 Å². The molecule has 0 radical (unpaired) electrons. The third kappa shape index (κ3) is 4.18. The van der Waals surface area contributed by atoms with Crippen LogP contribution in [0.15, 0.2) is 30.3 Å². The first kappa shape index (κ1) is 21.4. The number of carbonyl (C=O) groups is 5. The Morgan fingerprint density at radius 1 is 1.13 bits per heavy atom. The van der Waals surface area contributed by atoms with Crippen LogP contribution in [0.25, 0.3) is 0 Å². The first-order valence-corrected chi connectivity index (χ1v) is 9.47. The minimum absolute atomic E-state index is 0.0558. The van der Waals surface area contributed by atoms with Crippen molar-refractivity contribution in [1.82, 2.24) is 15.1 Å². The molecule has 2 aliphatic rings. The van der Waals surface area contributed by atoms with Gasteiger partial charge in [0.1, 0.15) is 0 Å². The van der Waals surface area contributed by atoms with Crippen LogP contribution in [0.4, 0.5) is 0 Å². The first-order valence-electron chi connectivity index (χ1n) is 9.47. The molecule has 2 saturated heterocycles. The molecule has 160 valence electrons. The molecule has 2 fully saturated rings. The van der Waals surface area contributed by atoms with Gasteiger partial charge in [0, 0.05) is 6.54 Å². The van der Waals surface area contributed by atoms with E-state index in [1.165, 1.54) is 4.90 Å². The molecule has 0 unspecified atom stereocenters. The Labute approximate surface area is 173 Å². The Bertz CT molecular complexity index is 870. The summed E-state index contributed by atoms with van der Waals surface area (Å²) in [4.78, 5) is 65.2. The van der Waals surface area contributed by atoms with Crippen molar-refractivity contribution >= 4 is 29.7 Å². The van der Waals surface area contributed by atoms with Crippen LogP contribution in [0.2, 0.25) is 0 Å². The van der Waals surface area contributed by atoms with Crippen LogP contribution >= 0.6 is 0 Å². The van der Waals surface area contributed by atoms with E-state index in [0.29, 0.717) is 4.90 Å². The second kappa shape index (κ2) is 8.62. The molecule has 2 aliphatic heterocycles. The average molecular weight is 417 g/mol. The van der Waals surface area contributed by atoms with E-state index in [1.807, 2.05) is 6.07 Å². The molecule has 3 rings (SSSR count). The molecule has 10 heteroatoms. The van der Waals surface area contributed by atoms with Gasteiger partial charge in [0.2, 0.25) is 5.91 Å². The van der Waals surface area contributed by atoms with Gasteiger partial charge in [0.25, 0.3) is 11.8 Å². The molecular formula is C20H23N3O7. The van der Waals surface area contributed by atoms with E-state index >= 15 is 0 Å². The van der Waals surface area contributed by atoms with Gasteiger partial charge in [-0.3, -0.25) is 28.9 Å². The summed E-state index contributed by atoms with van der Waals surface area (Å²) in [6.45, 7) is -0.712. The van der Waals surface area contributed by atoms with Gasteiger partial charge in [-0.05, 0) is 19.7 Å². The fraction of sp³-hybridized carbons (Fsp3) is 0.450. The summed E-state index contributed by atoms with van der Waals surface area (Å²) in [5.74, 6) is -3.93. The van der Waals surface area contributed by atoms with E-state index < -0.39 is 48.0 Å². The predicted molar refractivity (Wildman–Crippen MR) is 101 cm³/mol. The van der Waals surface area contributed by atoms with E-state index in [2.05, 4.69) is 5.32 Å². The Hall–Kier alpha value is -3.27. The second-order valence-corrected chi connectivity index (χ2v) is 7.34. The number of hydrogen-bond acceptors (Lipinski definition) is 8. The van der Waals surface area contributed by atoms with E-state index in [0.717, 1.165) is 5.56 Å². The minimum Gasteiger partial charge on any atom is -0.459 e. The zero-order valence-electron chi connectivity index (χ0n) is 16.8. The molecular weight excluding hydrogens is 394 g/mol. The number of likely N-dealkylation sites (tertiary alicyclic amines) is 1. The SMILES string of the molecule is CN(C)[C@H]1CC(=O)N([C@@]2(C(=O)NCc3ccccc3)COC(=O)CCC(=O)O2)C1=O. The molecule has 3 amide bonds. The molecule has 0 spiro atoms. The highest BCUT2D eigenvalue weighted by atomic mass is 16.6. The van der Waals surface area contributed by atoms with Gasteiger partial charge in [0.15, 0.2) is 6.61 Å². The molecule has 1 N–H and O–H groups in total. The Morgan fingerprint density at radius 3 is 2.43 bits per heavy atom. The summed E-state index contributed by atoms with van der Waals surface area (Å²) < 4.78 is 10.5. The number of amides is 3. The number of rotatable bonds is 5. The van der Waals surface area contributed by atoms with Crippen molar-refractivity contribution in [2.45, 2.75) is 37.6 Å². The van der Waals surface area contributed by atoms with Crippen LogP contribution in [-0.2, 0) is 40.0 Å². The van der Waals surface area contributed by atoms with E-state index in [9.17, 15) is 24.0 Å². The lowest BCUT2D eigenvalue weighted by Gasteiger charge is -2.38. The number of esters is 2. The third-order valence-electron chi connectivity index (χ3n) is 5.00. The quantitative estimate of drug-likeness (QED) is 0.506. The number of hydrogen-bond donors (Lipinski definition) is 1. The maximum atomic E-state index is 13.2. The topological polar surface area (TPSA) is 122 Å². The minimum atomic E-state index is -2.40. The molecule has 0 aliphatic carbocycles. The molecule has 10 nitrogen and oxygen atoms in total. The van der Waals surface area contributed by atoms with Crippen LogP contribution in [-0.4, -0.2) is 71.9 Å². The van der Waals surface area contributed by atoms with Gasteiger partial charge >= 0.3 is 17.7 Å². The first-order chi connectivity index (χ1) is 14.2. The lowest BCUT2D eigenvalue weighted by Crippen LogP contribution is -2.66. The highest BCUT2D eigenvalue weighted by Gasteiger charge is 2.59.